The maximum absolute atomic E-state index is 11.4. The quantitative estimate of drug-likeness (QED) is 0.648. The van der Waals surface area contributed by atoms with E-state index >= 15 is 0 Å². The number of carbonyl (C=O) groups is 1. The van der Waals surface area contributed by atoms with Gasteiger partial charge in [-0.15, -0.1) is 6.58 Å². The van der Waals surface area contributed by atoms with Crippen molar-refractivity contribution >= 4 is 5.78 Å². The normalized spacial score (nSPS) is 10.1. The summed E-state index contributed by atoms with van der Waals surface area (Å²) < 4.78 is 5.14. The molecule has 0 aromatic carbocycles. The molecule has 0 aliphatic rings. The molecule has 0 atom stereocenters. The van der Waals surface area contributed by atoms with Crippen LogP contribution in [0.5, 0.6) is 0 Å². The minimum absolute atomic E-state index is 0.282. The molecule has 0 unspecified atom stereocenters. The smallest absolute Gasteiger partial charge is 0.133 e. The molecule has 1 rings (SSSR count). The first kappa shape index (κ1) is 10.8. The molecule has 0 fully saturated rings. The molecule has 2 heteroatoms. The van der Waals surface area contributed by atoms with Crippen LogP contribution >= 0.6 is 0 Å². The van der Waals surface area contributed by atoms with Gasteiger partial charge in [0.05, 0.1) is 6.26 Å². The van der Waals surface area contributed by atoms with E-state index in [0.29, 0.717) is 19.3 Å². The van der Waals surface area contributed by atoms with Crippen LogP contribution in [0, 0.1) is 0 Å². The van der Waals surface area contributed by atoms with Gasteiger partial charge in [-0.25, -0.2) is 0 Å². The lowest BCUT2D eigenvalue weighted by Gasteiger charge is -1.99. The van der Waals surface area contributed by atoms with Gasteiger partial charge in [-0.1, -0.05) is 5.57 Å². The van der Waals surface area contributed by atoms with Gasteiger partial charge < -0.3 is 4.42 Å². The van der Waals surface area contributed by atoms with Crippen LogP contribution in [0.2, 0.25) is 0 Å². The topological polar surface area (TPSA) is 30.2 Å². The monoisotopic (exact) mass is 192 g/mol. The van der Waals surface area contributed by atoms with Crippen LogP contribution in [-0.4, -0.2) is 5.78 Å². The summed E-state index contributed by atoms with van der Waals surface area (Å²) in [5.41, 5.74) is 1.07. The fraction of sp³-hybridized carbons (Fsp3) is 0.417. The maximum atomic E-state index is 11.4. The highest BCUT2D eigenvalue weighted by Crippen LogP contribution is 2.08. The number of allylic oxidation sites excluding steroid dienone is 1. The van der Waals surface area contributed by atoms with Crippen LogP contribution in [-0.2, 0) is 11.2 Å². The number of ketones is 1. The maximum Gasteiger partial charge on any atom is 0.133 e. The number of Topliss-reactive ketones (excluding diaryl/α,β-unsaturated/α-hetero) is 1. The average molecular weight is 192 g/mol. The lowest BCUT2D eigenvalue weighted by molar-refractivity contribution is -0.119. The molecule has 1 heterocycles. The highest BCUT2D eigenvalue weighted by atomic mass is 16.3. The van der Waals surface area contributed by atoms with E-state index in [0.717, 1.165) is 17.8 Å². The number of rotatable bonds is 6. The van der Waals surface area contributed by atoms with Crippen LogP contribution in [0.15, 0.2) is 35.0 Å². The second kappa shape index (κ2) is 5.43. The Hall–Kier alpha value is -1.31. The lowest BCUT2D eigenvalue weighted by atomic mass is 10.1. The Kier molecular flexibility index (Phi) is 4.17. The van der Waals surface area contributed by atoms with Crippen molar-refractivity contribution in [2.45, 2.75) is 32.6 Å². The van der Waals surface area contributed by atoms with Crippen molar-refractivity contribution in [3.63, 3.8) is 0 Å². The Morgan fingerprint density at radius 3 is 2.79 bits per heavy atom. The highest BCUT2D eigenvalue weighted by molar-refractivity contribution is 5.78. The number of hydrogen-bond donors (Lipinski definition) is 0. The molecule has 0 N–H and O–H groups in total. The zero-order valence-electron chi connectivity index (χ0n) is 8.58. The number of carbonyl (C=O) groups excluding carboxylic acids is 1. The van der Waals surface area contributed by atoms with E-state index in [2.05, 4.69) is 6.58 Å². The number of aryl methyl sites for hydroxylation is 1. The summed E-state index contributed by atoms with van der Waals surface area (Å²) >= 11 is 0. The minimum Gasteiger partial charge on any atom is -0.469 e. The van der Waals surface area contributed by atoms with Crippen LogP contribution in [0.1, 0.15) is 31.9 Å². The molecule has 0 saturated heterocycles. The van der Waals surface area contributed by atoms with Crippen molar-refractivity contribution in [2.24, 2.45) is 0 Å². The predicted octanol–water partition coefficient (Wildman–Crippen LogP) is 3.14. The highest BCUT2D eigenvalue weighted by Gasteiger charge is 2.03. The van der Waals surface area contributed by atoms with Crippen molar-refractivity contribution in [1.82, 2.24) is 0 Å². The molecular weight excluding hydrogens is 176 g/mol. The van der Waals surface area contributed by atoms with E-state index in [1.165, 1.54) is 0 Å². The summed E-state index contributed by atoms with van der Waals surface area (Å²) in [5, 5.41) is 0. The van der Waals surface area contributed by atoms with Crippen molar-refractivity contribution < 1.29 is 9.21 Å². The molecule has 0 radical (unpaired) electrons. The van der Waals surface area contributed by atoms with E-state index < -0.39 is 0 Å². The second-order valence-corrected chi connectivity index (χ2v) is 3.58. The SMILES string of the molecule is C=C(C)CCC(=O)CCc1ccco1. The Morgan fingerprint density at radius 1 is 1.43 bits per heavy atom. The summed E-state index contributed by atoms with van der Waals surface area (Å²) in [6.45, 7) is 5.71. The number of hydrogen-bond acceptors (Lipinski definition) is 2. The molecular formula is C12H16O2. The molecule has 0 aliphatic carbocycles. The van der Waals surface area contributed by atoms with Gasteiger partial charge in [-0.05, 0) is 25.5 Å². The van der Waals surface area contributed by atoms with Crippen LogP contribution in [0.4, 0.5) is 0 Å². The molecule has 0 spiro atoms. The second-order valence-electron chi connectivity index (χ2n) is 3.58. The van der Waals surface area contributed by atoms with Gasteiger partial charge in [0, 0.05) is 19.3 Å². The van der Waals surface area contributed by atoms with Gasteiger partial charge in [0.15, 0.2) is 0 Å². The van der Waals surface area contributed by atoms with Gasteiger partial charge in [0.1, 0.15) is 11.5 Å². The van der Waals surface area contributed by atoms with Gasteiger partial charge in [-0.2, -0.15) is 0 Å². The molecule has 2 nitrogen and oxygen atoms in total. The first-order valence-corrected chi connectivity index (χ1v) is 4.87. The first-order valence-electron chi connectivity index (χ1n) is 4.87. The van der Waals surface area contributed by atoms with Crippen LogP contribution in [0.3, 0.4) is 0 Å². The molecule has 0 saturated carbocycles. The Balaban J connectivity index is 2.18. The van der Waals surface area contributed by atoms with Gasteiger partial charge in [-0.3, -0.25) is 4.79 Å². The zero-order valence-corrected chi connectivity index (χ0v) is 8.58. The largest absolute Gasteiger partial charge is 0.469 e. The molecule has 0 amide bonds. The fourth-order valence-electron chi connectivity index (χ4n) is 1.20. The zero-order chi connectivity index (χ0) is 10.4. The summed E-state index contributed by atoms with van der Waals surface area (Å²) in [6.07, 6.45) is 4.32. The first-order chi connectivity index (χ1) is 6.68. The standard InChI is InChI=1S/C12H16O2/c1-10(2)5-6-11(13)7-8-12-4-3-9-14-12/h3-4,9H,1,5-8H2,2H3. The third-order valence-corrected chi connectivity index (χ3v) is 2.06. The van der Waals surface area contributed by atoms with E-state index in [4.69, 9.17) is 4.42 Å². The van der Waals surface area contributed by atoms with Gasteiger partial charge in [0.2, 0.25) is 0 Å². The van der Waals surface area contributed by atoms with Crippen molar-refractivity contribution in [2.75, 3.05) is 0 Å². The molecule has 1 aromatic heterocycles. The molecule has 0 bridgehead atoms. The minimum atomic E-state index is 0.282. The summed E-state index contributed by atoms with van der Waals surface area (Å²) in [4.78, 5) is 11.4. The van der Waals surface area contributed by atoms with E-state index in [1.807, 2.05) is 19.1 Å². The fourth-order valence-corrected chi connectivity index (χ4v) is 1.20. The third-order valence-electron chi connectivity index (χ3n) is 2.06. The van der Waals surface area contributed by atoms with E-state index in [1.54, 1.807) is 6.26 Å². The Bertz CT molecular complexity index is 296. The molecule has 14 heavy (non-hydrogen) atoms. The summed E-state index contributed by atoms with van der Waals surface area (Å²) in [6, 6.07) is 3.74. The van der Waals surface area contributed by atoms with Crippen molar-refractivity contribution in [3.05, 3.63) is 36.3 Å². The summed E-state index contributed by atoms with van der Waals surface area (Å²) in [5.74, 6) is 1.16. The predicted molar refractivity (Wildman–Crippen MR) is 56.1 cm³/mol. The van der Waals surface area contributed by atoms with Crippen LogP contribution in [0.25, 0.3) is 0 Å². The average Bonchev–Trinajstić information content (AvgIpc) is 2.63. The third kappa shape index (κ3) is 4.08. The van der Waals surface area contributed by atoms with Crippen LogP contribution < -0.4 is 0 Å². The van der Waals surface area contributed by atoms with Crippen molar-refractivity contribution in [1.29, 1.82) is 0 Å². The van der Waals surface area contributed by atoms with E-state index in [-0.39, 0.29) is 5.78 Å². The van der Waals surface area contributed by atoms with Gasteiger partial charge in [0.25, 0.3) is 0 Å². The Morgan fingerprint density at radius 2 is 2.21 bits per heavy atom. The summed E-state index contributed by atoms with van der Waals surface area (Å²) in [7, 11) is 0. The molecule has 1 aromatic rings. The molecule has 76 valence electrons. The molecule has 0 aliphatic heterocycles. The van der Waals surface area contributed by atoms with Gasteiger partial charge >= 0.3 is 0 Å². The number of furan rings is 1. The van der Waals surface area contributed by atoms with E-state index in [9.17, 15) is 4.79 Å². The lowest BCUT2D eigenvalue weighted by Crippen LogP contribution is -1.99. The Labute approximate surface area is 84.6 Å². The van der Waals surface area contributed by atoms with Crippen molar-refractivity contribution in [3.8, 4) is 0 Å².